The summed E-state index contributed by atoms with van der Waals surface area (Å²) in [7, 11) is -8.53. The van der Waals surface area contributed by atoms with Crippen molar-refractivity contribution in [2.75, 3.05) is 0 Å². The van der Waals surface area contributed by atoms with Crippen molar-refractivity contribution in [2.45, 2.75) is 26.7 Å². The Morgan fingerprint density at radius 1 is 0.621 bits per heavy atom. The summed E-state index contributed by atoms with van der Waals surface area (Å²) >= 11 is 0. The second-order valence-corrected chi connectivity index (χ2v) is 11.1. The van der Waals surface area contributed by atoms with E-state index in [1.807, 2.05) is 0 Å². The summed E-state index contributed by atoms with van der Waals surface area (Å²) in [4.78, 5) is 11.6. The third-order valence-corrected chi connectivity index (χ3v) is 9.82. The summed E-state index contributed by atoms with van der Waals surface area (Å²) in [5.74, 6) is -0.877. The Balaban J connectivity index is 2.13. The molecule has 0 saturated heterocycles. The van der Waals surface area contributed by atoms with Crippen molar-refractivity contribution in [3.8, 4) is 0 Å². The number of hydrogen-bond donors (Lipinski definition) is 0. The highest BCUT2D eigenvalue weighted by molar-refractivity contribution is 8.09. The maximum absolute atomic E-state index is 13.3. The first-order valence-corrected chi connectivity index (χ1v) is 12.0. The molecule has 0 spiro atoms. The van der Waals surface area contributed by atoms with Crippen LogP contribution in [-0.4, -0.2) is 27.7 Å². The largest absolute Gasteiger partial charge is 0.303 e. The highest BCUT2D eigenvalue weighted by Crippen LogP contribution is 2.32. The number of aldehydes is 1. The van der Waals surface area contributed by atoms with E-state index in [2.05, 4.69) is 0 Å². The predicted molar refractivity (Wildman–Crippen MR) is 111 cm³/mol. The Kier molecular flexibility index (Phi) is 6.30. The first kappa shape index (κ1) is 21.0. The smallest absolute Gasteiger partial charge is 0.195 e. The first-order chi connectivity index (χ1) is 13.9. The van der Waals surface area contributed by atoms with Gasteiger partial charge >= 0.3 is 0 Å². The van der Waals surface area contributed by atoms with Crippen molar-refractivity contribution in [1.29, 1.82) is 0 Å². The molecule has 3 aromatic carbocycles. The van der Waals surface area contributed by atoms with Crippen molar-refractivity contribution in [2.24, 2.45) is 0 Å². The number of carbonyl (C=O) groups excluding carboxylic acids is 1. The van der Waals surface area contributed by atoms with Crippen LogP contribution in [0.1, 0.15) is 17.9 Å². The Labute approximate surface area is 170 Å². The molecule has 0 aromatic heterocycles. The molecular weight excluding hydrogens is 408 g/mol. The third-order valence-electron chi connectivity index (χ3n) is 4.67. The van der Waals surface area contributed by atoms with Crippen molar-refractivity contribution in [1.82, 2.24) is 0 Å². The molecule has 7 heteroatoms. The van der Waals surface area contributed by atoms with Crippen LogP contribution in [0.15, 0.2) is 101 Å². The van der Waals surface area contributed by atoms with E-state index in [9.17, 15) is 21.6 Å². The van der Waals surface area contributed by atoms with E-state index in [0.717, 1.165) is 0 Å². The SMILES string of the molecule is O=C[C@@H](CC(S(=O)(=O)c1ccccc1)S(=O)(=O)c1ccccc1)c1ccccc1. The molecule has 5 nitrogen and oxygen atoms in total. The van der Waals surface area contributed by atoms with E-state index in [1.165, 1.54) is 48.5 Å². The standard InChI is InChI=1S/C22H20O5S2/c23-17-19(18-10-4-1-5-11-18)16-22(28(24,25)20-12-6-2-7-13-20)29(26,27)21-14-8-3-9-15-21/h1-15,17,19,22H,16H2/t19-/m1/s1. The van der Waals surface area contributed by atoms with Crippen LogP contribution < -0.4 is 0 Å². The lowest BCUT2D eigenvalue weighted by Gasteiger charge is -2.21. The van der Waals surface area contributed by atoms with Crippen molar-refractivity contribution in [3.05, 3.63) is 96.6 Å². The van der Waals surface area contributed by atoms with E-state index >= 15 is 0 Å². The fourth-order valence-corrected chi connectivity index (χ4v) is 7.72. The summed E-state index contributed by atoms with van der Waals surface area (Å²) in [6.07, 6.45) is 0.228. The maximum Gasteiger partial charge on any atom is 0.195 e. The van der Waals surface area contributed by atoms with Crippen LogP contribution in [0.3, 0.4) is 0 Å². The molecule has 0 saturated carbocycles. The van der Waals surface area contributed by atoms with E-state index in [4.69, 9.17) is 0 Å². The monoisotopic (exact) mass is 428 g/mol. The normalized spacial score (nSPS) is 13.1. The van der Waals surface area contributed by atoms with E-state index in [-0.39, 0.29) is 16.2 Å². The summed E-state index contributed by atoms with van der Waals surface area (Å²) in [5, 5.41) is 0. The second kappa shape index (κ2) is 8.71. The zero-order valence-electron chi connectivity index (χ0n) is 15.5. The van der Waals surface area contributed by atoms with Gasteiger partial charge in [-0.2, -0.15) is 0 Å². The number of benzene rings is 3. The highest BCUT2D eigenvalue weighted by Gasteiger charge is 2.41. The van der Waals surface area contributed by atoms with Crippen LogP contribution in [0.5, 0.6) is 0 Å². The Morgan fingerprint density at radius 3 is 1.38 bits per heavy atom. The van der Waals surface area contributed by atoms with Crippen LogP contribution >= 0.6 is 0 Å². The molecule has 150 valence electrons. The minimum atomic E-state index is -4.27. The maximum atomic E-state index is 13.3. The van der Waals surface area contributed by atoms with Crippen LogP contribution in [0.25, 0.3) is 0 Å². The van der Waals surface area contributed by atoms with E-state index in [0.29, 0.717) is 11.8 Å². The van der Waals surface area contributed by atoms with Gasteiger partial charge in [-0.1, -0.05) is 66.7 Å². The van der Waals surface area contributed by atoms with Gasteiger partial charge in [-0.25, -0.2) is 16.8 Å². The zero-order chi connectivity index (χ0) is 20.9. The van der Waals surface area contributed by atoms with Crippen molar-refractivity contribution in [3.63, 3.8) is 0 Å². The van der Waals surface area contributed by atoms with E-state index < -0.39 is 30.2 Å². The molecular formula is C22H20O5S2. The molecule has 3 aromatic rings. The molecule has 0 aliphatic rings. The second-order valence-electron chi connectivity index (χ2n) is 6.53. The van der Waals surface area contributed by atoms with Gasteiger partial charge in [-0.3, -0.25) is 0 Å². The topological polar surface area (TPSA) is 85.3 Å². The van der Waals surface area contributed by atoms with Crippen molar-refractivity contribution < 1.29 is 21.6 Å². The molecule has 0 heterocycles. The predicted octanol–water partition coefficient (Wildman–Crippen LogP) is 3.63. The summed E-state index contributed by atoms with van der Waals surface area (Å²) in [6, 6.07) is 23.5. The molecule has 1 atom stereocenters. The molecule has 0 fully saturated rings. The van der Waals surface area contributed by atoms with Gasteiger partial charge in [0.25, 0.3) is 0 Å². The number of carbonyl (C=O) groups is 1. The fraction of sp³-hybridized carbons (Fsp3) is 0.136. The average molecular weight is 429 g/mol. The zero-order valence-corrected chi connectivity index (χ0v) is 17.1. The molecule has 0 unspecified atom stereocenters. The molecule has 29 heavy (non-hydrogen) atoms. The average Bonchev–Trinajstić information content (AvgIpc) is 2.76. The number of rotatable bonds is 8. The van der Waals surface area contributed by atoms with Crippen LogP contribution in [-0.2, 0) is 24.5 Å². The Morgan fingerprint density at radius 2 is 1.00 bits per heavy atom. The molecule has 0 amide bonds. The molecule has 3 rings (SSSR count). The lowest BCUT2D eigenvalue weighted by atomic mass is 9.98. The Hall–Kier alpha value is -2.77. The summed E-state index contributed by atoms with van der Waals surface area (Å²) in [6.45, 7) is 0. The molecule has 0 aliphatic carbocycles. The Bertz CT molecular complexity index is 1090. The van der Waals surface area contributed by atoms with Gasteiger partial charge in [0.15, 0.2) is 24.3 Å². The molecule has 0 N–H and O–H groups in total. The summed E-state index contributed by atoms with van der Waals surface area (Å²) < 4.78 is 51.6. The lowest BCUT2D eigenvalue weighted by Crippen LogP contribution is -2.33. The molecule has 0 radical (unpaired) electrons. The quantitative estimate of drug-likeness (QED) is 0.512. The van der Waals surface area contributed by atoms with Gasteiger partial charge < -0.3 is 4.79 Å². The fourth-order valence-electron chi connectivity index (χ4n) is 3.12. The highest BCUT2D eigenvalue weighted by atomic mass is 32.3. The first-order valence-electron chi connectivity index (χ1n) is 8.95. The van der Waals surface area contributed by atoms with Gasteiger partial charge in [0, 0.05) is 5.92 Å². The van der Waals surface area contributed by atoms with Crippen molar-refractivity contribution >= 4 is 26.0 Å². The van der Waals surface area contributed by atoms with Gasteiger partial charge in [0.05, 0.1) is 9.79 Å². The van der Waals surface area contributed by atoms with Crippen LogP contribution in [0.2, 0.25) is 0 Å². The summed E-state index contributed by atoms with van der Waals surface area (Å²) in [5.41, 5.74) is 0.569. The van der Waals surface area contributed by atoms with Gasteiger partial charge in [0.1, 0.15) is 6.29 Å². The lowest BCUT2D eigenvalue weighted by molar-refractivity contribution is -0.109. The molecule has 0 aliphatic heterocycles. The van der Waals surface area contributed by atoms with Crippen LogP contribution in [0.4, 0.5) is 0 Å². The van der Waals surface area contributed by atoms with E-state index in [1.54, 1.807) is 42.5 Å². The third kappa shape index (κ3) is 4.46. The van der Waals surface area contributed by atoms with Gasteiger partial charge in [0.2, 0.25) is 0 Å². The minimum Gasteiger partial charge on any atom is -0.303 e. The van der Waals surface area contributed by atoms with Gasteiger partial charge in [-0.15, -0.1) is 0 Å². The molecule has 0 bridgehead atoms. The minimum absolute atomic E-state index is 0.0952. The number of hydrogen-bond acceptors (Lipinski definition) is 5. The number of sulfone groups is 2. The van der Waals surface area contributed by atoms with Crippen LogP contribution in [0, 0.1) is 0 Å². The van der Waals surface area contributed by atoms with Gasteiger partial charge in [-0.05, 0) is 36.2 Å².